The van der Waals surface area contributed by atoms with Crippen LogP contribution in [-0.2, 0) is 22.7 Å². The lowest BCUT2D eigenvalue weighted by atomic mass is 9.95. The first kappa shape index (κ1) is 17.7. The van der Waals surface area contributed by atoms with E-state index in [1.807, 2.05) is 28.9 Å². The SMILES string of the molecule is O=C(NC1CCS(=O)(=O)C1)c1nn(-c2cccc(Br)c2)c2c1CCCC2. The van der Waals surface area contributed by atoms with E-state index in [9.17, 15) is 13.2 Å². The lowest BCUT2D eigenvalue weighted by Crippen LogP contribution is -2.36. The molecule has 6 nitrogen and oxygen atoms in total. The Morgan fingerprint density at radius 3 is 2.81 bits per heavy atom. The summed E-state index contributed by atoms with van der Waals surface area (Å²) in [5, 5.41) is 7.49. The van der Waals surface area contributed by atoms with Crippen LogP contribution < -0.4 is 5.32 Å². The standard InChI is InChI=1S/C18H20BrN3O3S/c19-12-4-3-5-14(10-12)22-16-7-2-1-6-15(16)17(21-22)18(23)20-13-8-9-26(24,25)11-13/h3-5,10,13H,1-2,6-9,11H2,(H,20,23). The molecule has 1 atom stereocenters. The van der Waals surface area contributed by atoms with Crippen LogP contribution in [0.4, 0.5) is 0 Å². The summed E-state index contributed by atoms with van der Waals surface area (Å²) in [5.74, 6) is -0.102. The van der Waals surface area contributed by atoms with Crippen LogP contribution in [0, 0.1) is 0 Å². The van der Waals surface area contributed by atoms with Crippen molar-refractivity contribution in [1.29, 1.82) is 0 Å². The van der Waals surface area contributed by atoms with E-state index in [1.54, 1.807) is 0 Å². The van der Waals surface area contributed by atoms with Gasteiger partial charge in [-0.15, -0.1) is 0 Å². The van der Waals surface area contributed by atoms with Crippen molar-refractivity contribution in [1.82, 2.24) is 15.1 Å². The number of fused-ring (bicyclic) bond motifs is 1. The van der Waals surface area contributed by atoms with Crippen LogP contribution in [0.3, 0.4) is 0 Å². The van der Waals surface area contributed by atoms with Crippen LogP contribution in [0.2, 0.25) is 0 Å². The second kappa shape index (κ2) is 6.81. The number of nitrogens with one attached hydrogen (secondary N) is 1. The lowest BCUT2D eigenvalue weighted by molar-refractivity contribution is 0.0934. The Balaban J connectivity index is 1.67. The zero-order valence-corrected chi connectivity index (χ0v) is 16.6. The van der Waals surface area contributed by atoms with Gasteiger partial charge in [-0.25, -0.2) is 13.1 Å². The van der Waals surface area contributed by atoms with Crippen LogP contribution >= 0.6 is 15.9 Å². The van der Waals surface area contributed by atoms with Gasteiger partial charge in [0.2, 0.25) is 0 Å². The molecule has 2 heterocycles. The molecule has 1 aliphatic heterocycles. The summed E-state index contributed by atoms with van der Waals surface area (Å²) in [6.45, 7) is 0. The first-order valence-corrected chi connectivity index (χ1v) is 11.4. The number of hydrogen-bond donors (Lipinski definition) is 1. The molecular weight excluding hydrogens is 418 g/mol. The van der Waals surface area contributed by atoms with E-state index in [1.165, 1.54) is 0 Å². The number of nitrogens with zero attached hydrogens (tertiary/aromatic N) is 2. The number of hydrogen-bond acceptors (Lipinski definition) is 4. The molecule has 0 radical (unpaired) electrons. The van der Waals surface area contributed by atoms with Gasteiger partial charge in [-0.3, -0.25) is 4.79 Å². The van der Waals surface area contributed by atoms with Gasteiger partial charge in [-0.2, -0.15) is 5.10 Å². The van der Waals surface area contributed by atoms with Gasteiger partial charge < -0.3 is 5.32 Å². The predicted molar refractivity (Wildman–Crippen MR) is 102 cm³/mol. The number of aromatic nitrogens is 2. The fourth-order valence-electron chi connectivity index (χ4n) is 3.77. The number of benzene rings is 1. The summed E-state index contributed by atoms with van der Waals surface area (Å²) in [4.78, 5) is 12.8. The second-order valence-electron chi connectivity index (χ2n) is 6.95. The molecule has 1 N–H and O–H groups in total. The number of rotatable bonds is 3. The highest BCUT2D eigenvalue weighted by molar-refractivity contribution is 9.10. The molecular formula is C18H20BrN3O3S. The Bertz CT molecular complexity index is 968. The number of carbonyl (C=O) groups is 1. The smallest absolute Gasteiger partial charge is 0.272 e. The molecule has 26 heavy (non-hydrogen) atoms. The minimum Gasteiger partial charge on any atom is -0.347 e. The number of halogens is 1. The largest absolute Gasteiger partial charge is 0.347 e. The third-order valence-electron chi connectivity index (χ3n) is 5.02. The minimum absolute atomic E-state index is 0.0211. The fraction of sp³-hybridized carbons (Fsp3) is 0.444. The average molecular weight is 438 g/mol. The summed E-state index contributed by atoms with van der Waals surface area (Å²) >= 11 is 3.48. The fourth-order valence-corrected chi connectivity index (χ4v) is 5.83. The molecule has 1 saturated heterocycles. The highest BCUT2D eigenvalue weighted by Crippen LogP contribution is 2.28. The van der Waals surface area contributed by atoms with Crippen molar-refractivity contribution in [2.45, 2.75) is 38.1 Å². The normalized spacial score (nSPS) is 21.3. The first-order valence-electron chi connectivity index (χ1n) is 8.81. The van der Waals surface area contributed by atoms with Crippen molar-refractivity contribution in [3.05, 3.63) is 45.7 Å². The van der Waals surface area contributed by atoms with E-state index in [2.05, 4.69) is 26.3 Å². The van der Waals surface area contributed by atoms with Gasteiger partial charge in [0.05, 0.1) is 17.2 Å². The maximum Gasteiger partial charge on any atom is 0.272 e. The molecule has 1 amide bonds. The van der Waals surface area contributed by atoms with E-state index in [4.69, 9.17) is 0 Å². The summed E-state index contributed by atoms with van der Waals surface area (Å²) in [5.41, 5.74) is 3.43. The average Bonchev–Trinajstić information content (AvgIpc) is 3.15. The molecule has 0 saturated carbocycles. The van der Waals surface area contributed by atoms with Gasteiger partial charge in [0.25, 0.3) is 5.91 Å². The zero-order chi connectivity index (χ0) is 18.3. The van der Waals surface area contributed by atoms with E-state index >= 15 is 0 Å². The zero-order valence-electron chi connectivity index (χ0n) is 14.2. The quantitative estimate of drug-likeness (QED) is 0.799. The van der Waals surface area contributed by atoms with Gasteiger partial charge in [0.15, 0.2) is 15.5 Å². The molecule has 138 valence electrons. The van der Waals surface area contributed by atoms with Crippen molar-refractivity contribution in [2.24, 2.45) is 0 Å². The Hall–Kier alpha value is -1.67. The van der Waals surface area contributed by atoms with Gasteiger partial charge in [0.1, 0.15) is 0 Å². The number of carbonyl (C=O) groups excluding carboxylic acids is 1. The van der Waals surface area contributed by atoms with E-state index in [-0.39, 0.29) is 23.5 Å². The molecule has 2 aromatic rings. The Kier molecular flexibility index (Phi) is 4.64. The highest BCUT2D eigenvalue weighted by Gasteiger charge is 2.31. The molecule has 1 aromatic carbocycles. The van der Waals surface area contributed by atoms with Crippen molar-refractivity contribution < 1.29 is 13.2 Å². The van der Waals surface area contributed by atoms with E-state index in [0.717, 1.165) is 47.1 Å². The molecule has 4 rings (SSSR count). The minimum atomic E-state index is -3.03. The summed E-state index contributed by atoms with van der Waals surface area (Å²) in [6, 6.07) is 7.53. The third-order valence-corrected chi connectivity index (χ3v) is 7.28. The van der Waals surface area contributed by atoms with Crippen molar-refractivity contribution in [3.8, 4) is 5.69 Å². The Labute approximate surface area is 161 Å². The highest BCUT2D eigenvalue weighted by atomic mass is 79.9. The van der Waals surface area contributed by atoms with Crippen molar-refractivity contribution in [2.75, 3.05) is 11.5 Å². The van der Waals surface area contributed by atoms with Gasteiger partial charge in [-0.1, -0.05) is 22.0 Å². The molecule has 1 unspecified atom stereocenters. The topological polar surface area (TPSA) is 81.1 Å². The molecule has 0 spiro atoms. The van der Waals surface area contributed by atoms with Crippen molar-refractivity contribution >= 4 is 31.7 Å². The Morgan fingerprint density at radius 1 is 1.27 bits per heavy atom. The van der Waals surface area contributed by atoms with E-state index in [0.29, 0.717) is 12.1 Å². The monoisotopic (exact) mass is 437 g/mol. The second-order valence-corrected chi connectivity index (χ2v) is 10.1. The Morgan fingerprint density at radius 2 is 2.08 bits per heavy atom. The predicted octanol–water partition coefficient (Wildman–Crippen LogP) is 2.43. The maximum absolute atomic E-state index is 12.8. The molecule has 2 aliphatic rings. The van der Waals surface area contributed by atoms with Gasteiger partial charge in [-0.05, 0) is 50.3 Å². The first-order chi connectivity index (χ1) is 12.4. The maximum atomic E-state index is 12.8. The van der Waals surface area contributed by atoms with Crippen LogP contribution in [-0.4, -0.2) is 41.7 Å². The number of amides is 1. The molecule has 1 aliphatic carbocycles. The van der Waals surface area contributed by atoms with Crippen LogP contribution in [0.1, 0.15) is 41.0 Å². The number of sulfone groups is 1. The van der Waals surface area contributed by atoms with Gasteiger partial charge in [0, 0.05) is 21.8 Å². The summed E-state index contributed by atoms with van der Waals surface area (Å²) < 4.78 is 26.1. The third kappa shape index (κ3) is 3.44. The van der Waals surface area contributed by atoms with E-state index < -0.39 is 9.84 Å². The molecule has 1 aromatic heterocycles. The molecule has 0 bridgehead atoms. The van der Waals surface area contributed by atoms with Crippen LogP contribution in [0.15, 0.2) is 28.7 Å². The van der Waals surface area contributed by atoms with Crippen molar-refractivity contribution in [3.63, 3.8) is 0 Å². The summed E-state index contributed by atoms with van der Waals surface area (Å²) in [7, 11) is -3.03. The molecule has 8 heteroatoms. The van der Waals surface area contributed by atoms with Crippen LogP contribution in [0.5, 0.6) is 0 Å². The lowest BCUT2D eigenvalue weighted by Gasteiger charge is -2.15. The van der Waals surface area contributed by atoms with Crippen LogP contribution in [0.25, 0.3) is 5.69 Å². The molecule has 1 fully saturated rings. The summed E-state index contributed by atoms with van der Waals surface area (Å²) in [6.07, 6.45) is 4.31. The van der Waals surface area contributed by atoms with Gasteiger partial charge >= 0.3 is 0 Å².